The minimum absolute atomic E-state index is 0.136. The number of aryl methyl sites for hydroxylation is 2. The summed E-state index contributed by atoms with van der Waals surface area (Å²) in [4.78, 5) is 54.5. The van der Waals surface area contributed by atoms with Crippen molar-refractivity contribution in [3.8, 4) is 11.3 Å². The first-order chi connectivity index (χ1) is 21.4. The van der Waals surface area contributed by atoms with E-state index in [1.54, 1.807) is 64.5 Å². The second-order valence-electron chi connectivity index (χ2n) is 11.9. The number of ether oxygens (including phenoxy) is 1. The number of pyridine rings is 1. The van der Waals surface area contributed by atoms with Crippen molar-refractivity contribution in [3.63, 3.8) is 0 Å². The van der Waals surface area contributed by atoms with Crippen LogP contribution in [0.3, 0.4) is 0 Å². The molecule has 0 spiro atoms. The van der Waals surface area contributed by atoms with Crippen LogP contribution in [0.25, 0.3) is 38.2 Å². The minimum Gasteiger partial charge on any atom is -0.443 e. The molecule has 0 atom stereocenters. The number of aromatic nitrogens is 4. The Hall–Kier alpha value is -5.57. The molecular formula is C33H30FN7O4. The highest BCUT2D eigenvalue weighted by Crippen LogP contribution is 2.37. The minimum atomic E-state index is -0.742. The number of nitrogens with zero attached hydrogens (tertiary/aromatic N) is 7. The van der Waals surface area contributed by atoms with Crippen LogP contribution < -0.4 is 4.90 Å². The van der Waals surface area contributed by atoms with E-state index in [9.17, 15) is 18.8 Å². The number of carbonyl (C=O) groups is 3. The van der Waals surface area contributed by atoms with Gasteiger partial charge < -0.3 is 13.9 Å². The molecule has 0 saturated heterocycles. The summed E-state index contributed by atoms with van der Waals surface area (Å²) in [6.45, 7) is 13.2. The number of hydrogen-bond acceptors (Lipinski definition) is 6. The van der Waals surface area contributed by atoms with Gasteiger partial charge in [-0.2, -0.15) is 0 Å². The van der Waals surface area contributed by atoms with E-state index in [0.29, 0.717) is 50.9 Å². The Morgan fingerprint density at radius 2 is 1.76 bits per heavy atom. The number of imide groups is 1. The van der Waals surface area contributed by atoms with Crippen LogP contribution in [-0.4, -0.2) is 61.1 Å². The number of imidazole rings is 1. The van der Waals surface area contributed by atoms with Gasteiger partial charge in [-0.1, -0.05) is 12.1 Å². The van der Waals surface area contributed by atoms with Crippen molar-refractivity contribution < 1.29 is 23.5 Å². The Bertz CT molecular complexity index is 2050. The highest BCUT2D eigenvalue weighted by molar-refractivity contribution is 6.21. The third-order valence-corrected chi connectivity index (χ3v) is 7.62. The maximum absolute atomic E-state index is 14.7. The maximum atomic E-state index is 14.7. The van der Waals surface area contributed by atoms with Gasteiger partial charge in [0.1, 0.15) is 22.6 Å². The highest BCUT2D eigenvalue weighted by atomic mass is 19.1. The molecule has 0 saturated carbocycles. The molecule has 1 aliphatic rings. The SMILES string of the molecule is [C-]#[N+]c1cc(F)cc(-c2cc3c4c(ncn4C)c(N(C)C(=O)OC(C)(C)C)nc3n2CCCN2C(=O)c3ccccc3C2=O)c1. The molecular weight excluding hydrogens is 577 g/mol. The molecule has 0 N–H and O–H groups in total. The van der Waals surface area contributed by atoms with Crippen LogP contribution in [0.5, 0.6) is 0 Å². The maximum Gasteiger partial charge on any atom is 0.415 e. The van der Waals surface area contributed by atoms with Crippen molar-refractivity contribution in [1.82, 2.24) is 24.0 Å². The molecule has 0 radical (unpaired) electrons. The van der Waals surface area contributed by atoms with Gasteiger partial charge in [0.25, 0.3) is 11.8 Å². The highest BCUT2D eigenvalue weighted by Gasteiger charge is 2.35. The van der Waals surface area contributed by atoms with Crippen molar-refractivity contribution in [1.29, 1.82) is 0 Å². The molecule has 0 fully saturated rings. The van der Waals surface area contributed by atoms with E-state index in [1.165, 1.54) is 15.9 Å². The predicted molar refractivity (Wildman–Crippen MR) is 167 cm³/mol. The van der Waals surface area contributed by atoms with Gasteiger partial charge in [-0.3, -0.25) is 19.4 Å². The Kier molecular flexibility index (Phi) is 7.12. The van der Waals surface area contributed by atoms with E-state index < -0.39 is 17.5 Å². The van der Waals surface area contributed by atoms with Crippen molar-refractivity contribution in [3.05, 3.63) is 83.2 Å². The molecule has 45 heavy (non-hydrogen) atoms. The summed E-state index contributed by atoms with van der Waals surface area (Å²) in [5.74, 6) is -1.00. The quantitative estimate of drug-likeness (QED) is 0.165. The van der Waals surface area contributed by atoms with Gasteiger partial charge in [0.05, 0.1) is 29.5 Å². The number of halogens is 1. The first-order valence-electron chi connectivity index (χ1n) is 14.3. The van der Waals surface area contributed by atoms with Crippen molar-refractivity contribution in [2.75, 3.05) is 18.5 Å². The summed E-state index contributed by atoms with van der Waals surface area (Å²) in [5.41, 5.74) is 2.79. The van der Waals surface area contributed by atoms with Gasteiger partial charge in [0.15, 0.2) is 11.5 Å². The van der Waals surface area contributed by atoms with E-state index in [-0.39, 0.29) is 36.4 Å². The molecule has 2 aromatic carbocycles. The molecule has 3 aromatic heterocycles. The lowest BCUT2D eigenvalue weighted by Gasteiger charge is -2.24. The van der Waals surface area contributed by atoms with Crippen LogP contribution in [0, 0.1) is 12.4 Å². The van der Waals surface area contributed by atoms with Crippen LogP contribution in [0.15, 0.2) is 54.9 Å². The molecule has 11 nitrogen and oxygen atoms in total. The zero-order chi connectivity index (χ0) is 32.2. The Morgan fingerprint density at radius 1 is 1.07 bits per heavy atom. The molecule has 4 heterocycles. The molecule has 3 amide bonds. The second-order valence-corrected chi connectivity index (χ2v) is 11.9. The van der Waals surface area contributed by atoms with E-state index >= 15 is 0 Å². The fraction of sp³-hybridized carbons (Fsp3) is 0.273. The van der Waals surface area contributed by atoms with E-state index in [2.05, 4.69) is 9.83 Å². The first kappa shape index (κ1) is 29.5. The van der Waals surface area contributed by atoms with Crippen LogP contribution in [0.4, 0.5) is 20.7 Å². The fourth-order valence-corrected chi connectivity index (χ4v) is 5.63. The van der Waals surface area contributed by atoms with Gasteiger partial charge in [0, 0.05) is 38.3 Å². The molecule has 5 aromatic rings. The third-order valence-electron chi connectivity index (χ3n) is 7.62. The van der Waals surface area contributed by atoms with Gasteiger partial charge in [0.2, 0.25) is 0 Å². The lowest BCUT2D eigenvalue weighted by Crippen LogP contribution is -2.34. The van der Waals surface area contributed by atoms with Gasteiger partial charge in [-0.25, -0.2) is 24.0 Å². The molecule has 6 rings (SSSR count). The second kappa shape index (κ2) is 10.9. The summed E-state index contributed by atoms with van der Waals surface area (Å²) in [7, 11) is 3.38. The van der Waals surface area contributed by atoms with Gasteiger partial charge in [-0.15, -0.1) is 0 Å². The molecule has 1 aliphatic heterocycles. The third kappa shape index (κ3) is 5.16. The fourth-order valence-electron chi connectivity index (χ4n) is 5.63. The zero-order valence-electron chi connectivity index (χ0n) is 25.5. The van der Waals surface area contributed by atoms with Gasteiger partial charge >= 0.3 is 6.09 Å². The summed E-state index contributed by atoms with van der Waals surface area (Å²) in [6.07, 6.45) is 1.36. The summed E-state index contributed by atoms with van der Waals surface area (Å²) < 4.78 is 24.0. The largest absolute Gasteiger partial charge is 0.443 e. The Balaban J connectivity index is 1.47. The normalized spacial score (nSPS) is 13.0. The lowest BCUT2D eigenvalue weighted by molar-refractivity contribution is 0.0586. The summed E-state index contributed by atoms with van der Waals surface area (Å²) in [5, 5.41) is 0.690. The number of anilines is 1. The number of fused-ring (bicyclic) bond motifs is 4. The Labute approximate surface area is 258 Å². The van der Waals surface area contributed by atoms with Gasteiger partial charge in [-0.05, 0) is 69.2 Å². The molecule has 12 heteroatoms. The van der Waals surface area contributed by atoms with Crippen LogP contribution in [0.2, 0.25) is 0 Å². The number of hydrogen-bond donors (Lipinski definition) is 0. The first-order valence-corrected chi connectivity index (χ1v) is 14.3. The summed E-state index contributed by atoms with van der Waals surface area (Å²) in [6, 6.07) is 12.7. The smallest absolute Gasteiger partial charge is 0.415 e. The monoisotopic (exact) mass is 607 g/mol. The standard InChI is InChI=1S/C33H30FN7O4/c1-33(2,3)45-32(44)39(6)29-26-27(38(5)18-36-26)24-17-25(19-14-20(34)16-21(15-19)35-4)40(28(24)37-29)12-9-13-41-30(42)22-10-7-8-11-23(22)31(41)43/h7-8,10-11,14-18H,9,12-13H2,1-3,5-6H3. The molecule has 0 bridgehead atoms. The average molecular weight is 608 g/mol. The average Bonchev–Trinajstić information content (AvgIpc) is 3.63. The van der Waals surface area contributed by atoms with Crippen LogP contribution in [-0.2, 0) is 18.3 Å². The Morgan fingerprint density at radius 3 is 2.40 bits per heavy atom. The van der Waals surface area contributed by atoms with E-state index in [4.69, 9.17) is 16.3 Å². The molecule has 0 unspecified atom stereocenters. The van der Waals surface area contributed by atoms with Crippen molar-refractivity contribution in [2.24, 2.45) is 7.05 Å². The number of amides is 3. The zero-order valence-corrected chi connectivity index (χ0v) is 25.5. The molecule has 228 valence electrons. The van der Waals surface area contributed by atoms with Crippen LogP contribution >= 0.6 is 0 Å². The number of benzene rings is 2. The van der Waals surface area contributed by atoms with Crippen LogP contribution in [0.1, 0.15) is 47.9 Å². The predicted octanol–water partition coefficient (Wildman–Crippen LogP) is 6.34. The summed E-state index contributed by atoms with van der Waals surface area (Å²) >= 11 is 0. The topological polar surface area (TPSA) is 107 Å². The number of carbonyl (C=O) groups excluding carboxylic acids is 3. The lowest BCUT2D eigenvalue weighted by atomic mass is 10.1. The van der Waals surface area contributed by atoms with E-state index in [1.807, 2.05) is 22.2 Å². The number of rotatable bonds is 6. The van der Waals surface area contributed by atoms with E-state index in [0.717, 1.165) is 6.07 Å². The van der Waals surface area contributed by atoms with Crippen molar-refractivity contribution >= 4 is 51.5 Å². The molecule has 0 aliphatic carbocycles. The van der Waals surface area contributed by atoms with Crippen molar-refractivity contribution in [2.45, 2.75) is 39.3 Å².